The number of nitrogens with zero attached hydrogens (tertiary/aromatic N) is 6. The van der Waals surface area contributed by atoms with E-state index in [1.807, 2.05) is 31.2 Å². The maximum Gasteiger partial charge on any atom is 0.358 e. The number of hydrogen-bond acceptors (Lipinski definition) is 8. The highest BCUT2D eigenvalue weighted by molar-refractivity contribution is 6.34. The first kappa shape index (κ1) is 18.6. The quantitative estimate of drug-likeness (QED) is 0.461. The fourth-order valence-corrected chi connectivity index (χ4v) is 2.88. The van der Waals surface area contributed by atoms with Crippen LogP contribution in [-0.4, -0.2) is 41.2 Å². The first-order valence-electron chi connectivity index (χ1n) is 8.34. The van der Waals surface area contributed by atoms with E-state index in [-0.39, 0.29) is 5.69 Å². The normalized spacial score (nSPS) is 10.9. The van der Waals surface area contributed by atoms with E-state index in [2.05, 4.69) is 30.1 Å². The summed E-state index contributed by atoms with van der Waals surface area (Å²) in [6, 6.07) is 10.8. The van der Waals surface area contributed by atoms with E-state index in [4.69, 9.17) is 21.2 Å². The van der Waals surface area contributed by atoms with E-state index in [9.17, 15) is 4.79 Å². The number of carbonyl (C=O) groups is 1. The zero-order valence-electron chi connectivity index (χ0n) is 15.2. The van der Waals surface area contributed by atoms with Crippen molar-refractivity contribution >= 4 is 34.0 Å². The minimum absolute atomic E-state index is 0.0486. The molecule has 4 aromatic heterocycles. The average molecular weight is 413 g/mol. The van der Waals surface area contributed by atoms with Gasteiger partial charge < -0.3 is 14.2 Å². The highest BCUT2D eigenvalue weighted by Crippen LogP contribution is 2.26. The van der Waals surface area contributed by atoms with Gasteiger partial charge in [-0.3, -0.25) is 0 Å². The molecule has 0 radical (unpaired) electrons. The van der Waals surface area contributed by atoms with Crippen molar-refractivity contribution in [3.8, 4) is 11.5 Å². The monoisotopic (exact) mass is 412 g/mol. The molecule has 146 valence electrons. The van der Waals surface area contributed by atoms with Gasteiger partial charge in [0.1, 0.15) is 11.5 Å². The summed E-state index contributed by atoms with van der Waals surface area (Å²) in [6.45, 7) is 3.45. The molecule has 10 nitrogen and oxygen atoms in total. The predicted molar refractivity (Wildman–Crippen MR) is 102 cm³/mol. The Hall–Kier alpha value is -3.79. The van der Waals surface area contributed by atoms with Gasteiger partial charge in [-0.15, -0.1) is 10.2 Å². The van der Waals surface area contributed by atoms with E-state index in [0.717, 1.165) is 10.8 Å². The molecule has 0 unspecified atom stereocenters. The lowest BCUT2D eigenvalue weighted by Gasteiger charge is -2.02. The molecule has 0 amide bonds. The number of carboxylic acid groups (broad SMARTS) is 1. The van der Waals surface area contributed by atoms with Crippen LogP contribution in [0.2, 0.25) is 5.15 Å². The van der Waals surface area contributed by atoms with Crippen molar-refractivity contribution in [3.63, 3.8) is 0 Å². The molecular formula is C18H13ClN6O4. The second-order valence-electron chi connectivity index (χ2n) is 6.05. The molecule has 5 rings (SSSR count). The van der Waals surface area contributed by atoms with Crippen molar-refractivity contribution in [2.24, 2.45) is 0 Å². The molecule has 0 bridgehead atoms. The van der Waals surface area contributed by atoms with Crippen LogP contribution in [0.5, 0.6) is 0 Å². The molecule has 0 saturated carbocycles. The second kappa shape index (κ2) is 7.32. The van der Waals surface area contributed by atoms with Crippen molar-refractivity contribution in [2.75, 3.05) is 0 Å². The smallest absolute Gasteiger partial charge is 0.358 e. The lowest BCUT2D eigenvalue weighted by atomic mass is 10.2. The molecule has 0 aliphatic heterocycles. The Labute approximate surface area is 167 Å². The molecule has 1 aromatic carbocycles. The zero-order chi connectivity index (χ0) is 20.5. The van der Waals surface area contributed by atoms with Gasteiger partial charge in [0.25, 0.3) is 0 Å². The van der Waals surface area contributed by atoms with E-state index in [0.29, 0.717) is 33.8 Å². The Morgan fingerprint density at radius 1 is 1.03 bits per heavy atom. The Bertz CT molecular complexity index is 1340. The number of rotatable bonds is 2. The molecule has 11 heteroatoms. The molecule has 0 fully saturated rings. The highest BCUT2D eigenvalue weighted by atomic mass is 35.5. The molecule has 1 N–H and O–H groups in total. The Balaban J connectivity index is 0.000000192. The summed E-state index contributed by atoms with van der Waals surface area (Å²) < 4.78 is 11.1. The van der Waals surface area contributed by atoms with E-state index < -0.39 is 5.97 Å². The highest BCUT2D eigenvalue weighted by Gasteiger charge is 2.16. The van der Waals surface area contributed by atoms with Crippen molar-refractivity contribution in [3.05, 3.63) is 58.8 Å². The fraction of sp³-hybridized carbons (Fsp3) is 0.111. The summed E-state index contributed by atoms with van der Waals surface area (Å²) in [4.78, 5) is 10.1. The Morgan fingerprint density at radius 2 is 1.72 bits per heavy atom. The molecule has 4 heterocycles. The first-order valence-corrected chi connectivity index (χ1v) is 8.72. The van der Waals surface area contributed by atoms with Gasteiger partial charge in [-0.25, -0.2) is 4.79 Å². The Morgan fingerprint density at radius 3 is 2.31 bits per heavy atom. The van der Waals surface area contributed by atoms with Crippen LogP contribution in [0.15, 0.2) is 45.4 Å². The number of benzene rings is 1. The van der Waals surface area contributed by atoms with Gasteiger partial charge in [0.15, 0.2) is 22.2 Å². The summed E-state index contributed by atoms with van der Waals surface area (Å²) in [7, 11) is 0. The lowest BCUT2D eigenvalue weighted by molar-refractivity contribution is 0.0685. The van der Waals surface area contributed by atoms with Crippen LogP contribution in [0.1, 0.15) is 22.0 Å². The second-order valence-corrected chi connectivity index (χ2v) is 6.40. The summed E-state index contributed by atoms with van der Waals surface area (Å²) in [5.41, 5.74) is 1.17. The van der Waals surface area contributed by atoms with E-state index in [1.54, 1.807) is 17.5 Å². The number of aromatic nitrogens is 6. The van der Waals surface area contributed by atoms with Crippen molar-refractivity contribution in [1.29, 1.82) is 0 Å². The zero-order valence-corrected chi connectivity index (χ0v) is 16.0. The van der Waals surface area contributed by atoms with E-state index >= 15 is 0 Å². The third-order valence-electron chi connectivity index (χ3n) is 3.92. The number of aryl methyl sites for hydroxylation is 2. The number of hydrogen-bond donors (Lipinski definition) is 1. The van der Waals surface area contributed by atoms with Crippen LogP contribution in [0.3, 0.4) is 0 Å². The van der Waals surface area contributed by atoms with Crippen LogP contribution in [0.4, 0.5) is 0 Å². The summed E-state index contributed by atoms with van der Waals surface area (Å²) >= 11 is 6.23. The van der Waals surface area contributed by atoms with Crippen LogP contribution in [-0.2, 0) is 0 Å². The van der Waals surface area contributed by atoms with E-state index in [1.165, 1.54) is 6.07 Å². The molecule has 0 saturated heterocycles. The number of halogens is 1. The molecule has 0 atom stereocenters. The molecule has 5 aromatic rings. The van der Waals surface area contributed by atoms with Crippen LogP contribution in [0.25, 0.3) is 27.9 Å². The molecule has 0 spiro atoms. The number of aromatic carboxylic acids is 1. The van der Waals surface area contributed by atoms with Gasteiger partial charge in [-0.1, -0.05) is 46.2 Å². The van der Waals surface area contributed by atoms with Crippen molar-refractivity contribution < 1.29 is 18.9 Å². The van der Waals surface area contributed by atoms with Crippen LogP contribution < -0.4 is 0 Å². The van der Waals surface area contributed by atoms with Crippen molar-refractivity contribution in [1.82, 2.24) is 30.1 Å². The number of fused-ring (bicyclic) bond motifs is 3. The predicted octanol–water partition coefficient (Wildman–Crippen LogP) is 3.58. The largest absolute Gasteiger partial charge is 0.476 e. The number of carboxylic acids is 1. The van der Waals surface area contributed by atoms with Gasteiger partial charge in [0, 0.05) is 22.9 Å². The third kappa shape index (κ3) is 3.52. The average Bonchev–Trinajstić information content (AvgIpc) is 3.42. The maximum atomic E-state index is 10.1. The molecule has 0 aliphatic rings. The van der Waals surface area contributed by atoms with Crippen LogP contribution in [0, 0.1) is 13.8 Å². The summed E-state index contributed by atoms with van der Waals surface area (Å²) in [6.07, 6.45) is 0. The van der Waals surface area contributed by atoms with Gasteiger partial charge in [0.2, 0.25) is 5.82 Å². The topological polar surface area (TPSA) is 132 Å². The third-order valence-corrected chi connectivity index (χ3v) is 4.20. The van der Waals surface area contributed by atoms with Gasteiger partial charge >= 0.3 is 5.97 Å². The Kier molecular flexibility index (Phi) is 4.69. The first-order chi connectivity index (χ1) is 13.9. The molecular weight excluding hydrogens is 400 g/mol. The fourth-order valence-electron chi connectivity index (χ4n) is 2.64. The van der Waals surface area contributed by atoms with Gasteiger partial charge in [-0.2, -0.15) is 9.61 Å². The summed E-state index contributed by atoms with van der Waals surface area (Å²) in [5.74, 6) is 0.646. The van der Waals surface area contributed by atoms with Crippen LogP contribution >= 0.6 is 11.6 Å². The molecule has 0 aliphatic carbocycles. The SMILES string of the molecule is Cc1cc(-c2nnc3c4ccccc4c(Cl)nn23)no1.Cc1cc(C(=O)O)no1. The van der Waals surface area contributed by atoms with Gasteiger partial charge in [-0.05, 0) is 13.8 Å². The standard InChI is InChI=1S/C13H8ClN5O.C5H5NO3/c1-7-6-10(18-20-7)13-16-15-12-9-5-3-2-4-8(9)11(14)17-19(12)13;1-3-2-4(5(7)8)6-9-3/h2-6H,1H3;2H,1H3,(H,7,8). The minimum atomic E-state index is -1.06. The lowest BCUT2D eigenvalue weighted by Crippen LogP contribution is -1.97. The maximum absolute atomic E-state index is 10.1. The van der Waals surface area contributed by atoms with Crippen molar-refractivity contribution in [2.45, 2.75) is 13.8 Å². The molecule has 29 heavy (non-hydrogen) atoms. The minimum Gasteiger partial charge on any atom is -0.476 e. The summed E-state index contributed by atoms with van der Waals surface area (Å²) in [5, 5.41) is 30.2. The van der Waals surface area contributed by atoms with Gasteiger partial charge in [0.05, 0.1) is 0 Å².